The van der Waals surface area contributed by atoms with Gasteiger partial charge in [0.2, 0.25) is 0 Å². The summed E-state index contributed by atoms with van der Waals surface area (Å²) in [5.41, 5.74) is 2.08. The number of nitrogens with zero attached hydrogens (tertiary/aromatic N) is 3. The molecule has 1 aromatic carbocycles. The molecule has 2 unspecified atom stereocenters. The minimum absolute atomic E-state index is 0.0750. The number of morpholine rings is 1. The van der Waals surface area contributed by atoms with Crippen molar-refractivity contribution in [2.75, 3.05) is 26.2 Å². The van der Waals surface area contributed by atoms with E-state index in [9.17, 15) is 4.39 Å². The van der Waals surface area contributed by atoms with Crippen LogP contribution < -0.4 is 5.32 Å². The molecule has 0 saturated carbocycles. The third kappa shape index (κ3) is 5.75. The molecule has 1 aliphatic heterocycles. The Morgan fingerprint density at radius 1 is 1.36 bits per heavy atom. The molecule has 1 aliphatic rings. The largest absolute Gasteiger partial charge is 0.367 e. The van der Waals surface area contributed by atoms with Crippen LogP contribution in [-0.2, 0) is 11.2 Å². The number of aliphatic imine (C=N–C) groups is 1. The SMILES string of the molecule is CCNC(=NCCCc1nc(C)cs1)N1CC(C)OC(c2ccc(F)cc2)C1. The smallest absolute Gasteiger partial charge is 0.194 e. The lowest BCUT2D eigenvalue weighted by molar-refractivity contribution is -0.0605. The summed E-state index contributed by atoms with van der Waals surface area (Å²) in [6, 6.07) is 6.58. The van der Waals surface area contributed by atoms with Crippen molar-refractivity contribution in [2.24, 2.45) is 4.99 Å². The van der Waals surface area contributed by atoms with Gasteiger partial charge >= 0.3 is 0 Å². The van der Waals surface area contributed by atoms with Gasteiger partial charge in [-0.05, 0) is 44.9 Å². The van der Waals surface area contributed by atoms with Gasteiger partial charge in [0.15, 0.2) is 5.96 Å². The van der Waals surface area contributed by atoms with Crippen LogP contribution in [-0.4, -0.2) is 48.1 Å². The van der Waals surface area contributed by atoms with Crippen LogP contribution in [0.3, 0.4) is 0 Å². The number of guanidine groups is 1. The molecule has 5 nitrogen and oxygen atoms in total. The van der Waals surface area contributed by atoms with Gasteiger partial charge in [-0.2, -0.15) is 0 Å². The fourth-order valence-electron chi connectivity index (χ4n) is 3.34. The van der Waals surface area contributed by atoms with E-state index in [1.165, 1.54) is 17.1 Å². The van der Waals surface area contributed by atoms with Crippen LogP contribution in [0, 0.1) is 12.7 Å². The van der Waals surface area contributed by atoms with Gasteiger partial charge in [-0.25, -0.2) is 9.37 Å². The van der Waals surface area contributed by atoms with Gasteiger partial charge < -0.3 is 15.0 Å². The number of aryl methyl sites for hydroxylation is 2. The van der Waals surface area contributed by atoms with Crippen molar-refractivity contribution in [1.29, 1.82) is 0 Å². The first-order valence-corrected chi connectivity index (χ1v) is 10.8. The molecule has 0 radical (unpaired) electrons. The van der Waals surface area contributed by atoms with E-state index in [2.05, 4.69) is 34.4 Å². The van der Waals surface area contributed by atoms with Crippen LogP contribution in [0.15, 0.2) is 34.6 Å². The molecule has 0 bridgehead atoms. The Labute approximate surface area is 170 Å². The molecule has 2 atom stereocenters. The van der Waals surface area contributed by atoms with Gasteiger partial charge in [-0.15, -0.1) is 11.3 Å². The molecule has 1 aromatic heterocycles. The highest BCUT2D eigenvalue weighted by Gasteiger charge is 2.28. The summed E-state index contributed by atoms with van der Waals surface area (Å²) in [5.74, 6) is 0.690. The molecule has 1 N–H and O–H groups in total. The molecular weight excluding hydrogens is 375 g/mol. The summed E-state index contributed by atoms with van der Waals surface area (Å²) in [4.78, 5) is 11.6. The summed E-state index contributed by atoms with van der Waals surface area (Å²) >= 11 is 1.72. The summed E-state index contributed by atoms with van der Waals surface area (Å²) in [5, 5.41) is 6.67. The van der Waals surface area contributed by atoms with Gasteiger partial charge in [0.1, 0.15) is 11.9 Å². The Bertz CT molecular complexity index is 777. The van der Waals surface area contributed by atoms with E-state index in [4.69, 9.17) is 9.73 Å². The predicted octanol–water partition coefficient (Wildman–Crippen LogP) is 3.95. The lowest BCUT2D eigenvalue weighted by Crippen LogP contribution is -2.50. The summed E-state index contributed by atoms with van der Waals surface area (Å²) < 4.78 is 19.4. The average Bonchev–Trinajstić information content (AvgIpc) is 3.09. The third-order valence-corrected chi connectivity index (χ3v) is 5.64. The predicted molar refractivity (Wildman–Crippen MR) is 112 cm³/mol. The second-order valence-corrected chi connectivity index (χ2v) is 8.06. The number of thiazole rings is 1. The number of halogens is 1. The fourth-order valence-corrected chi connectivity index (χ4v) is 4.16. The van der Waals surface area contributed by atoms with E-state index in [1.807, 2.05) is 6.92 Å². The molecule has 1 saturated heterocycles. The lowest BCUT2D eigenvalue weighted by atomic mass is 10.1. The molecule has 3 rings (SSSR count). The number of nitrogens with one attached hydrogen (secondary N) is 1. The van der Waals surface area contributed by atoms with E-state index in [0.29, 0.717) is 6.54 Å². The summed E-state index contributed by atoms with van der Waals surface area (Å²) in [6.07, 6.45) is 1.92. The van der Waals surface area contributed by atoms with Crippen molar-refractivity contribution in [3.8, 4) is 0 Å². The first kappa shape index (κ1) is 20.7. The number of benzene rings is 1. The van der Waals surface area contributed by atoms with Crippen LogP contribution in [0.1, 0.15) is 42.6 Å². The molecule has 2 heterocycles. The molecule has 1 fully saturated rings. The fraction of sp³-hybridized carbons (Fsp3) is 0.524. The third-order valence-electron chi connectivity index (χ3n) is 4.61. The molecule has 7 heteroatoms. The first-order valence-electron chi connectivity index (χ1n) is 9.90. The Balaban J connectivity index is 1.62. The zero-order valence-corrected chi connectivity index (χ0v) is 17.6. The Kier molecular flexibility index (Phi) is 7.39. The molecule has 0 spiro atoms. The number of rotatable bonds is 6. The van der Waals surface area contributed by atoms with Gasteiger partial charge in [-0.3, -0.25) is 4.99 Å². The van der Waals surface area contributed by atoms with Gasteiger partial charge in [0.25, 0.3) is 0 Å². The minimum Gasteiger partial charge on any atom is -0.367 e. The number of ether oxygens (including phenoxy) is 1. The second-order valence-electron chi connectivity index (χ2n) is 7.11. The van der Waals surface area contributed by atoms with Gasteiger partial charge in [-0.1, -0.05) is 12.1 Å². The van der Waals surface area contributed by atoms with Gasteiger partial charge in [0, 0.05) is 37.1 Å². The van der Waals surface area contributed by atoms with E-state index < -0.39 is 0 Å². The highest BCUT2D eigenvalue weighted by atomic mass is 32.1. The van der Waals surface area contributed by atoms with Crippen molar-refractivity contribution in [2.45, 2.75) is 45.8 Å². The van der Waals surface area contributed by atoms with E-state index in [0.717, 1.165) is 49.7 Å². The molecule has 0 amide bonds. The standard InChI is InChI=1S/C21H29FN4OS/c1-4-23-21(24-11-5-6-20-25-15(2)14-28-20)26-12-16(3)27-19(13-26)17-7-9-18(22)10-8-17/h7-10,14,16,19H,4-6,11-13H2,1-3H3,(H,23,24). The average molecular weight is 405 g/mol. The Hall–Kier alpha value is -1.99. The van der Waals surface area contributed by atoms with Gasteiger partial charge in [0.05, 0.1) is 17.7 Å². The van der Waals surface area contributed by atoms with Crippen molar-refractivity contribution in [3.05, 3.63) is 51.7 Å². The minimum atomic E-state index is -0.227. The second kappa shape index (κ2) is 9.98. The van der Waals surface area contributed by atoms with Crippen molar-refractivity contribution in [1.82, 2.24) is 15.2 Å². The molecular formula is C21H29FN4OS. The zero-order chi connectivity index (χ0) is 19.9. The number of aromatic nitrogens is 1. The van der Waals surface area contributed by atoms with E-state index in [1.54, 1.807) is 23.5 Å². The highest BCUT2D eigenvalue weighted by molar-refractivity contribution is 7.09. The van der Waals surface area contributed by atoms with E-state index >= 15 is 0 Å². The van der Waals surface area contributed by atoms with E-state index in [-0.39, 0.29) is 18.0 Å². The summed E-state index contributed by atoms with van der Waals surface area (Å²) in [7, 11) is 0. The Morgan fingerprint density at radius 2 is 2.14 bits per heavy atom. The van der Waals surface area contributed by atoms with Crippen molar-refractivity contribution >= 4 is 17.3 Å². The maximum Gasteiger partial charge on any atom is 0.194 e. The van der Waals surface area contributed by atoms with Crippen molar-refractivity contribution in [3.63, 3.8) is 0 Å². The number of hydrogen-bond donors (Lipinski definition) is 1. The van der Waals surface area contributed by atoms with Crippen LogP contribution in [0.5, 0.6) is 0 Å². The first-order chi connectivity index (χ1) is 13.5. The monoisotopic (exact) mass is 404 g/mol. The van der Waals surface area contributed by atoms with Crippen molar-refractivity contribution < 1.29 is 9.13 Å². The van der Waals surface area contributed by atoms with Crippen LogP contribution in [0.2, 0.25) is 0 Å². The van der Waals surface area contributed by atoms with Crippen LogP contribution >= 0.6 is 11.3 Å². The van der Waals surface area contributed by atoms with Crippen LogP contribution in [0.25, 0.3) is 0 Å². The maximum atomic E-state index is 13.2. The molecule has 2 aromatic rings. The van der Waals surface area contributed by atoms with Crippen LogP contribution in [0.4, 0.5) is 4.39 Å². The molecule has 28 heavy (non-hydrogen) atoms. The lowest BCUT2D eigenvalue weighted by Gasteiger charge is -2.38. The zero-order valence-electron chi connectivity index (χ0n) is 16.8. The Morgan fingerprint density at radius 3 is 2.82 bits per heavy atom. The maximum absolute atomic E-state index is 13.2. The number of hydrogen-bond acceptors (Lipinski definition) is 4. The normalized spacial score (nSPS) is 20.4. The highest BCUT2D eigenvalue weighted by Crippen LogP contribution is 2.25. The molecule has 152 valence electrons. The quantitative estimate of drug-likeness (QED) is 0.450. The topological polar surface area (TPSA) is 49.8 Å². The summed E-state index contributed by atoms with van der Waals surface area (Å²) in [6.45, 7) is 9.23. The molecule has 0 aliphatic carbocycles.